The molecule has 6 rings (SSSR count). The van der Waals surface area contributed by atoms with Gasteiger partial charge in [0.1, 0.15) is 41.6 Å². The predicted octanol–water partition coefficient (Wildman–Crippen LogP) is 7.26. The van der Waals surface area contributed by atoms with Crippen molar-refractivity contribution in [2.24, 2.45) is 0 Å². The lowest BCUT2D eigenvalue weighted by Gasteiger charge is -2.36. The number of halogens is 2. The SMILES string of the molecule is CC(C)(C)OC(=O)N1CCN(c2nc(Nc3ccc(OCCOCCOCCOCC(=O)O)cc3)nc3c(F)c(-c4cc(O)cc5ccccc45)c(Cl)cc23)CC1. The molecule has 1 amide bonds. The molecule has 2 heterocycles. The lowest BCUT2D eigenvalue weighted by molar-refractivity contribution is -0.142. The zero-order chi connectivity index (χ0) is 40.5. The molecule has 1 aliphatic rings. The number of phenols is 1. The molecule has 0 atom stereocenters. The summed E-state index contributed by atoms with van der Waals surface area (Å²) in [7, 11) is 0. The van der Waals surface area contributed by atoms with Crippen molar-refractivity contribution in [3.05, 3.63) is 77.6 Å². The van der Waals surface area contributed by atoms with Gasteiger partial charge in [-0.2, -0.15) is 4.98 Å². The number of carbonyl (C=O) groups excluding carboxylic acids is 1. The number of aliphatic carboxylic acids is 1. The normalized spacial score (nSPS) is 13.3. The molecule has 0 radical (unpaired) electrons. The molecule has 57 heavy (non-hydrogen) atoms. The Morgan fingerprint density at radius 1 is 0.860 bits per heavy atom. The average molecular weight is 806 g/mol. The van der Waals surface area contributed by atoms with E-state index in [1.807, 2.05) is 49.9 Å². The van der Waals surface area contributed by atoms with Crippen LogP contribution in [0.25, 0.3) is 32.8 Å². The highest BCUT2D eigenvalue weighted by Crippen LogP contribution is 2.42. The predicted molar refractivity (Wildman–Crippen MR) is 214 cm³/mol. The smallest absolute Gasteiger partial charge is 0.410 e. The number of benzene rings is 4. The highest BCUT2D eigenvalue weighted by Gasteiger charge is 2.29. The summed E-state index contributed by atoms with van der Waals surface area (Å²) in [6, 6.07) is 19.2. The molecule has 4 aromatic carbocycles. The Bertz CT molecular complexity index is 2200. The molecule has 1 aliphatic heterocycles. The Morgan fingerprint density at radius 2 is 1.53 bits per heavy atom. The van der Waals surface area contributed by atoms with Crippen LogP contribution in [0.15, 0.2) is 66.7 Å². The van der Waals surface area contributed by atoms with Crippen LogP contribution in [0.2, 0.25) is 5.02 Å². The highest BCUT2D eigenvalue weighted by atomic mass is 35.5. The maximum absolute atomic E-state index is 17.0. The second-order valence-electron chi connectivity index (χ2n) is 14.2. The maximum Gasteiger partial charge on any atom is 0.410 e. The molecular formula is C41H45ClFN5O9. The molecule has 14 nitrogen and oxygen atoms in total. The number of carboxylic acid groups (broad SMARTS) is 1. The number of carbonyl (C=O) groups is 2. The number of hydrogen-bond donors (Lipinski definition) is 3. The van der Waals surface area contributed by atoms with Crippen LogP contribution in [-0.2, 0) is 23.7 Å². The van der Waals surface area contributed by atoms with Crippen molar-refractivity contribution >= 4 is 62.8 Å². The summed E-state index contributed by atoms with van der Waals surface area (Å²) in [5.41, 5.74) is 0.536. The number of nitrogens with zero attached hydrogens (tertiary/aromatic N) is 4. The molecule has 5 aromatic rings. The van der Waals surface area contributed by atoms with E-state index >= 15 is 4.39 Å². The van der Waals surface area contributed by atoms with Gasteiger partial charge in [0.15, 0.2) is 5.82 Å². The third-order valence-electron chi connectivity index (χ3n) is 8.79. The van der Waals surface area contributed by atoms with Crippen molar-refractivity contribution < 1.29 is 47.9 Å². The van der Waals surface area contributed by atoms with Gasteiger partial charge in [-0.1, -0.05) is 35.9 Å². The summed E-state index contributed by atoms with van der Waals surface area (Å²) in [6.45, 7) is 8.38. The molecular weight excluding hydrogens is 761 g/mol. The lowest BCUT2D eigenvalue weighted by atomic mass is 9.96. The number of anilines is 3. The number of amides is 1. The van der Waals surface area contributed by atoms with Gasteiger partial charge < -0.3 is 49.0 Å². The Hall–Kier alpha value is -5.48. The van der Waals surface area contributed by atoms with Gasteiger partial charge >= 0.3 is 12.1 Å². The van der Waals surface area contributed by atoms with E-state index in [0.717, 1.165) is 5.39 Å². The third-order valence-corrected chi connectivity index (χ3v) is 9.08. The fourth-order valence-corrected chi connectivity index (χ4v) is 6.53. The van der Waals surface area contributed by atoms with Gasteiger partial charge in [0.2, 0.25) is 5.95 Å². The molecule has 0 aliphatic carbocycles. The number of ether oxygens (including phenoxy) is 5. The average Bonchev–Trinajstić information content (AvgIpc) is 3.17. The van der Waals surface area contributed by atoms with Crippen molar-refractivity contribution in [1.82, 2.24) is 14.9 Å². The standard InChI is InChI=1S/C41H45ClFN5O9/c1-41(2,3)57-40(52)48-14-12-47(13-15-48)38-32-24-33(42)35(31-23-28(49)22-26-6-4-5-7-30(26)31)36(43)37(32)45-39(46-38)44-27-8-10-29(11-9-27)56-21-20-54-17-16-53-18-19-55-25-34(50)51/h4-11,22-24,49H,12-21,25H2,1-3H3,(H,50,51)(H,44,45,46). The van der Waals surface area contributed by atoms with Gasteiger partial charge in [-0.15, -0.1) is 0 Å². The van der Waals surface area contributed by atoms with E-state index < -0.39 is 23.5 Å². The maximum atomic E-state index is 17.0. The molecule has 1 aromatic heterocycles. The molecule has 1 fully saturated rings. The van der Waals surface area contributed by atoms with Gasteiger partial charge in [0.05, 0.1) is 38.1 Å². The Labute approximate surface area is 334 Å². The summed E-state index contributed by atoms with van der Waals surface area (Å²) in [5.74, 6) is -0.553. The van der Waals surface area contributed by atoms with Crippen LogP contribution >= 0.6 is 11.6 Å². The van der Waals surface area contributed by atoms with Crippen LogP contribution < -0.4 is 15.0 Å². The first kappa shape index (κ1) is 41.2. The molecule has 16 heteroatoms. The third kappa shape index (κ3) is 10.9. The zero-order valence-electron chi connectivity index (χ0n) is 31.9. The van der Waals surface area contributed by atoms with Crippen LogP contribution in [0.1, 0.15) is 20.8 Å². The van der Waals surface area contributed by atoms with E-state index in [1.54, 1.807) is 41.3 Å². The summed E-state index contributed by atoms with van der Waals surface area (Å²) < 4.78 is 44.1. The van der Waals surface area contributed by atoms with Crippen molar-refractivity contribution in [1.29, 1.82) is 0 Å². The van der Waals surface area contributed by atoms with E-state index in [-0.39, 0.29) is 47.6 Å². The largest absolute Gasteiger partial charge is 0.508 e. The summed E-state index contributed by atoms with van der Waals surface area (Å²) in [6.07, 6.45) is -0.405. The first-order chi connectivity index (χ1) is 27.4. The van der Waals surface area contributed by atoms with E-state index in [0.29, 0.717) is 86.2 Å². The number of carboxylic acids is 1. The van der Waals surface area contributed by atoms with Crippen LogP contribution in [0, 0.1) is 5.82 Å². The lowest BCUT2D eigenvalue weighted by Crippen LogP contribution is -2.50. The number of fused-ring (bicyclic) bond motifs is 2. The summed E-state index contributed by atoms with van der Waals surface area (Å²) in [4.78, 5) is 36.4. The van der Waals surface area contributed by atoms with Crippen LogP contribution in [0.4, 0.5) is 26.6 Å². The number of aromatic nitrogens is 2. The zero-order valence-corrected chi connectivity index (χ0v) is 32.7. The molecule has 302 valence electrons. The number of hydrogen-bond acceptors (Lipinski definition) is 12. The van der Waals surface area contributed by atoms with Crippen LogP contribution in [0.3, 0.4) is 0 Å². The van der Waals surface area contributed by atoms with Gasteiger partial charge in [-0.3, -0.25) is 0 Å². The van der Waals surface area contributed by atoms with Gasteiger partial charge in [-0.25, -0.2) is 19.0 Å². The molecule has 0 unspecified atom stereocenters. The molecule has 0 saturated carbocycles. The van der Waals surface area contributed by atoms with E-state index in [4.69, 9.17) is 45.4 Å². The number of aromatic hydroxyl groups is 1. The topological polar surface area (TPSA) is 165 Å². The minimum Gasteiger partial charge on any atom is -0.508 e. The van der Waals surface area contributed by atoms with Gasteiger partial charge in [0, 0.05) is 42.8 Å². The minimum atomic E-state index is -1.03. The van der Waals surface area contributed by atoms with Crippen LogP contribution in [-0.4, -0.2) is 115 Å². The van der Waals surface area contributed by atoms with E-state index in [1.165, 1.54) is 6.07 Å². The van der Waals surface area contributed by atoms with E-state index in [2.05, 4.69) is 10.3 Å². The first-order valence-electron chi connectivity index (χ1n) is 18.5. The fourth-order valence-electron chi connectivity index (χ4n) is 6.23. The summed E-state index contributed by atoms with van der Waals surface area (Å²) in [5, 5.41) is 24.3. The van der Waals surface area contributed by atoms with Crippen molar-refractivity contribution in [2.45, 2.75) is 26.4 Å². The van der Waals surface area contributed by atoms with Crippen molar-refractivity contribution in [3.8, 4) is 22.6 Å². The second-order valence-corrected chi connectivity index (χ2v) is 14.6. The minimum absolute atomic E-state index is 0.0285. The quantitative estimate of drug-likeness (QED) is 0.0855. The monoisotopic (exact) mass is 805 g/mol. The molecule has 1 saturated heterocycles. The van der Waals surface area contributed by atoms with Crippen molar-refractivity contribution in [3.63, 3.8) is 0 Å². The highest BCUT2D eigenvalue weighted by molar-refractivity contribution is 6.35. The van der Waals surface area contributed by atoms with Gasteiger partial charge in [0.25, 0.3) is 0 Å². The molecule has 3 N–H and O–H groups in total. The Morgan fingerprint density at radius 3 is 2.21 bits per heavy atom. The van der Waals surface area contributed by atoms with Crippen LogP contribution in [0.5, 0.6) is 11.5 Å². The Kier molecular flexibility index (Phi) is 13.5. The summed E-state index contributed by atoms with van der Waals surface area (Å²) >= 11 is 6.89. The Balaban J connectivity index is 1.20. The van der Waals surface area contributed by atoms with Crippen molar-refractivity contribution in [2.75, 3.05) is 82.6 Å². The van der Waals surface area contributed by atoms with E-state index in [9.17, 15) is 14.7 Å². The molecule has 0 spiro atoms. The number of piperazine rings is 1. The number of nitrogens with one attached hydrogen (secondary N) is 1. The van der Waals surface area contributed by atoms with Gasteiger partial charge in [-0.05, 0) is 79.6 Å². The number of rotatable bonds is 16. The first-order valence-corrected chi connectivity index (χ1v) is 18.8. The second kappa shape index (κ2) is 18.6. The fraction of sp³-hybridized carbons (Fsp3) is 0.366. The number of phenolic OH excluding ortho intramolecular Hbond substituents is 1. The molecule has 0 bridgehead atoms.